The van der Waals surface area contributed by atoms with Crippen molar-refractivity contribution in [3.05, 3.63) is 48.0 Å². The van der Waals surface area contributed by atoms with Crippen molar-refractivity contribution in [2.45, 2.75) is 63.3 Å². The summed E-state index contributed by atoms with van der Waals surface area (Å²) in [6.45, 7) is 6.48. The Morgan fingerprint density at radius 3 is 2.32 bits per heavy atom. The molecular weight excluding hydrogens is 405 g/mol. The Morgan fingerprint density at radius 1 is 1.10 bits per heavy atom. The Kier molecular flexibility index (Phi) is 10.0. The zero-order valence-electron chi connectivity index (χ0n) is 18.7. The summed E-state index contributed by atoms with van der Waals surface area (Å²) in [6, 6.07) is 4.53. The van der Waals surface area contributed by atoms with E-state index in [0.717, 1.165) is 76.8 Å². The number of amides is 1. The maximum atomic E-state index is 12.7. The number of nitrogens with zero attached hydrogens (tertiary/aromatic N) is 2. The first-order valence-electron chi connectivity index (χ1n) is 11.1. The summed E-state index contributed by atoms with van der Waals surface area (Å²) in [5.74, 6) is -0.237. The van der Waals surface area contributed by atoms with Crippen molar-refractivity contribution in [3.63, 3.8) is 0 Å². The van der Waals surface area contributed by atoms with Crippen LogP contribution >= 0.6 is 0 Å². The van der Waals surface area contributed by atoms with Gasteiger partial charge in [-0.15, -0.1) is 6.58 Å². The minimum Gasteiger partial charge on any atom is -0.378 e. The number of hydrogen-bond donors (Lipinski definition) is 0. The van der Waals surface area contributed by atoms with E-state index in [4.69, 9.17) is 4.74 Å². The average molecular weight is 441 g/mol. The van der Waals surface area contributed by atoms with Crippen LogP contribution in [0.15, 0.2) is 36.9 Å². The monoisotopic (exact) mass is 440 g/mol. The molecule has 0 spiro atoms. The molecule has 0 heterocycles. The fourth-order valence-electron chi connectivity index (χ4n) is 3.99. The van der Waals surface area contributed by atoms with Gasteiger partial charge in [0.05, 0.1) is 11.7 Å². The first-order valence-corrected chi connectivity index (χ1v) is 11.1. The molecule has 1 fully saturated rings. The Morgan fingerprint density at radius 2 is 1.74 bits per heavy atom. The fraction of sp³-hybridized carbons (Fsp3) is 0.625. The van der Waals surface area contributed by atoms with Gasteiger partial charge >= 0.3 is 6.18 Å². The number of unbranched alkanes of at least 4 members (excludes halogenated alkanes) is 2. The van der Waals surface area contributed by atoms with Gasteiger partial charge in [0.25, 0.3) is 5.91 Å². The third-order valence-electron chi connectivity index (χ3n) is 5.95. The molecule has 0 unspecified atom stereocenters. The molecule has 174 valence electrons. The minimum absolute atomic E-state index is 0.0926. The van der Waals surface area contributed by atoms with E-state index in [9.17, 15) is 18.0 Å². The molecular formula is C24H35F3N2O2. The van der Waals surface area contributed by atoms with Crippen molar-refractivity contribution >= 4 is 5.91 Å². The number of hydrogen-bond acceptors (Lipinski definition) is 3. The van der Waals surface area contributed by atoms with E-state index in [1.165, 1.54) is 12.1 Å². The highest BCUT2D eigenvalue weighted by molar-refractivity contribution is 5.94. The lowest BCUT2D eigenvalue weighted by atomic mass is 9.91. The van der Waals surface area contributed by atoms with Crippen LogP contribution in [0.3, 0.4) is 0 Å². The molecule has 1 saturated carbocycles. The number of carbonyl (C=O) groups is 1. The van der Waals surface area contributed by atoms with Crippen LogP contribution in [0, 0.1) is 0 Å². The normalized spacial score (nSPS) is 19.4. The SMILES string of the molecule is C=CCN(C)CCCCCO[C@H]1CC[C@H](N(C)C(=O)c2ccc(C(F)(F)F)cc2)CC1. The summed E-state index contributed by atoms with van der Waals surface area (Å²) < 4.78 is 44.1. The first kappa shape index (κ1) is 25.4. The topological polar surface area (TPSA) is 32.8 Å². The molecule has 1 aromatic rings. The van der Waals surface area contributed by atoms with Crippen LogP contribution in [0.25, 0.3) is 0 Å². The predicted molar refractivity (Wildman–Crippen MR) is 117 cm³/mol. The lowest BCUT2D eigenvalue weighted by Gasteiger charge is -2.34. The van der Waals surface area contributed by atoms with Gasteiger partial charge in [-0.05, 0) is 82.8 Å². The Balaban J connectivity index is 1.67. The average Bonchev–Trinajstić information content (AvgIpc) is 2.75. The highest BCUT2D eigenvalue weighted by Gasteiger charge is 2.31. The molecule has 2 rings (SSSR count). The van der Waals surface area contributed by atoms with Gasteiger partial charge in [0.1, 0.15) is 0 Å². The molecule has 0 saturated heterocycles. The summed E-state index contributed by atoms with van der Waals surface area (Å²) >= 11 is 0. The number of benzene rings is 1. The van der Waals surface area contributed by atoms with Crippen LogP contribution < -0.4 is 0 Å². The van der Waals surface area contributed by atoms with Crippen molar-refractivity contribution in [1.82, 2.24) is 9.80 Å². The number of likely N-dealkylation sites (N-methyl/N-ethyl adjacent to an activating group) is 1. The number of alkyl halides is 3. The van der Waals surface area contributed by atoms with Crippen LogP contribution in [0.5, 0.6) is 0 Å². The van der Waals surface area contributed by atoms with Crippen LogP contribution in [-0.4, -0.2) is 61.6 Å². The Labute approximate surface area is 184 Å². The van der Waals surface area contributed by atoms with Gasteiger partial charge in [-0.1, -0.05) is 6.08 Å². The van der Waals surface area contributed by atoms with Gasteiger partial charge in [-0.3, -0.25) is 4.79 Å². The molecule has 0 N–H and O–H groups in total. The van der Waals surface area contributed by atoms with Crippen molar-refractivity contribution in [3.8, 4) is 0 Å². The number of ether oxygens (including phenoxy) is 1. The molecule has 0 aromatic heterocycles. The summed E-state index contributed by atoms with van der Waals surface area (Å²) in [4.78, 5) is 16.6. The second kappa shape index (κ2) is 12.2. The molecule has 0 bridgehead atoms. The Bertz CT molecular complexity index is 683. The molecule has 1 aliphatic rings. The van der Waals surface area contributed by atoms with Crippen molar-refractivity contribution < 1.29 is 22.7 Å². The summed E-state index contributed by atoms with van der Waals surface area (Å²) in [5.41, 5.74) is -0.458. The zero-order valence-corrected chi connectivity index (χ0v) is 18.7. The molecule has 1 amide bonds. The number of rotatable bonds is 11. The highest BCUT2D eigenvalue weighted by atomic mass is 19.4. The smallest absolute Gasteiger partial charge is 0.378 e. The quantitative estimate of drug-likeness (QED) is 0.342. The zero-order chi connectivity index (χ0) is 22.9. The van der Waals surface area contributed by atoms with Gasteiger partial charge < -0.3 is 14.5 Å². The second-order valence-corrected chi connectivity index (χ2v) is 8.40. The van der Waals surface area contributed by atoms with Crippen molar-refractivity contribution in [2.75, 3.05) is 33.8 Å². The second-order valence-electron chi connectivity index (χ2n) is 8.40. The van der Waals surface area contributed by atoms with Crippen molar-refractivity contribution in [1.29, 1.82) is 0 Å². The molecule has 4 nitrogen and oxygen atoms in total. The van der Waals surface area contributed by atoms with Crippen LogP contribution in [0.2, 0.25) is 0 Å². The van der Waals surface area contributed by atoms with E-state index in [2.05, 4.69) is 18.5 Å². The van der Waals surface area contributed by atoms with Gasteiger partial charge in [0.15, 0.2) is 0 Å². The standard InChI is InChI=1S/C24H35F3N2O2/c1-4-16-28(2)17-6-5-7-18-31-22-14-12-21(13-15-22)29(3)23(30)19-8-10-20(11-9-19)24(25,26)27/h4,8-11,21-22H,1,5-7,12-18H2,2-3H3/t21-,22-. The third kappa shape index (κ3) is 8.30. The van der Waals surface area contributed by atoms with Crippen LogP contribution in [-0.2, 0) is 10.9 Å². The maximum Gasteiger partial charge on any atom is 0.416 e. The van der Waals surface area contributed by atoms with E-state index in [-0.39, 0.29) is 23.6 Å². The van der Waals surface area contributed by atoms with E-state index >= 15 is 0 Å². The fourth-order valence-corrected chi connectivity index (χ4v) is 3.99. The van der Waals surface area contributed by atoms with E-state index in [1.54, 1.807) is 11.9 Å². The summed E-state index contributed by atoms with van der Waals surface area (Å²) in [5, 5.41) is 0. The number of carbonyl (C=O) groups excluding carboxylic acids is 1. The molecule has 0 aliphatic heterocycles. The highest BCUT2D eigenvalue weighted by Crippen LogP contribution is 2.30. The maximum absolute atomic E-state index is 12.7. The van der Waals surface area contributed by atoms with Crippen LogP contribution in [0.4, 0.5) is 13.2 Å². The van der Waals surface area contributed by atoms with Crippen molar-refractivity contribution in [2.24, 2.45) is 0 Å². The van der Waals surface area contributed by atoms with E-state index in [1.807, 2.05) is 6.08 Å². The van der Waals surface area contributed by atoms with Gasteiger partial charge in [0.2, 0.25) is 0 Å². The lowest BCUT2D eigenvalue weighted by molar-refractivity contribution is -0.137. The number of halogens is 3. The summed E-state index contributed by atoms with van der Waals surface area (Å²) in [6.07, 6.45) is 4.58. The van der Waals surface area contributed by atoms with E-state index in [0.29, 0.717) is 0 Å². The van der Waals surface area contributed by atoms with Gasteiger partial charge in [-0.25, -0.2) is 0 Å². The lowest BCUT2D eigenvalue weighted by Crippen LogP contribution is -2.40. The first-order chi connectivity index (χ1) is 14.7. The predicted octanol–water partition coefficient (Wildman–Crippen LogP) is 5.39. The largest absolute Gasteiger partial charge is 0.416 e. The van der Waals surface area contributed by atoms with Gasteiger partial charge in [0, 0.05) is 31.8 Å². The molecule has 1 aromatic carbocycles. The van der Waals surface area contributed by atoms with Gasteiger partial charge in [-0.2, -0.15) is 13.2 Å². The summed E-state index contributed by atoms with van der Waals surface area (Å²) in [7, 11) is 3.82. The van der Waals surface area contributed by atoms with E-state index < -0.39 is 11.7 Å². The molecule has 31 heavy (non-hydrogen) atoms. The third-order valence-corrected chi connectivity index (χ3v) is 5.95. The molecule has 0 radical (unpaired) electrons. The minimum atomic E-state index is -4.40. The molecule has 7 heteroatoms. The Hall–Kier alpha value is -1.86. The molecule has 0 atom stereocenters. The molecule has 1 aliphatic carbocycles. The van der Waals surface area contributed by atoms with Crippen LogP contribution in [0.1, 0.15) is 60.9 Å².